The highest BCUT2D eigenvalue weighted by Gasteiger charge is 2.25. The van der Waals surface area contributed by atoms with Crippen LogP contribution in [0, 0.1) is 5.82 Å². The number of nitrogens with zero attached hydrogens (tertiary/aromatic N) is 4. The smallest absolute Gasteiger partial charge is 0.254 e. The van der Waals surface area contributed by atoms with Crippen LogP contribution in [0.25, 0.3) is 16.6 Å². The molecule has 6 nitrogen and oxygen atoms in total. The van der Waals surface area contributed by atoms with Crippen LogP contribution in [-0.2, 0) is 5.54 Å². The van der Waals surface area contributed by atoms with Crippen molar-refractivity contribution in [1.82, 2.24) is 25.1 Å². The minimum absolute atomic E-state index is 0.264. The summed E-state index contributed by atoms with van der Waals surface area (Å²) in [4.78, 5) is 21.4. The van der Waals surface area contributed by atoms with Gasteiger partial charge in [0.15, 0.2) is 0 Å². The highest BCUT2D eigenvalue weighted by atomic mass is 79.9. The predicted octanol–water partition coefficient (Wildman–Crippen LogP) is 4.38. The molecule has 1 aromatic carbocycles. The Morgan fingerprint density at radius 2 is 1.90 bits per heavy atom. The quantitative estimate of drug-likeness (QED) is 0.465. The van der Waals surface area contributed by atoms with Crippen molar-refractivity contribution in [3.8, 4) is 5.69 Å². The molecule has 0 spiro atoms. The van der Waals surface area contributed by atoms with Crippen LogP contribution in [0.15, 0.2) is 65.8 Å². The summed E-state index contributed by atoms with van der Waals surface area (Å²) in [5.41, 5.74) is 2.04. The number of halogens is 2. The first-order valence-corrected chi connectivity index (χ1v) is 9.67. The lowest BCUT2D eigenvalue weighted by Crippen LogP contribution is -2.41. The zero-order chi connectivity index (χ0) is 20.6. The first kappa shape index (κ1) is 19.2. The van der Waals surface area contributed by atoms with Gasteiger partial charge in [-0.05, 0) is 71.7 Å². The van der Waals surface area contributed by atoms with Crippen molar-refractivity contribution >= 4 is 32.7 Å². The maximum absolute atomic E-state index is 13.2. The van der Waals surface area contributed by atoms with Gasteiger partial charge in [-0.2, -0.15) is 5.10 Å². The third kappa shape index (κ3) is 3.75. The monoisotopic (exact) mass is 453 g/mol. The van der Waals surface area contributed by atoms with Gasteiger partial charge in [0.1, 0.15) is 10.4 Å². The lowest BCUT2D eigenvalue weighted by atomic mass is 9.95. The van der Waals surface area contributed by atoms with Crippen LogP contribution in [-0.4, -0.2) is 25.7 Å². The summed E-state index contributed by atoms with van der Waals surface area (Å²) >= 11 is 3.36. The van der Waals surface area contributed by atoms with Crippen LogP contribution in [0.4, 0.5) is 4.39 Å². The Labute approximate surface area is 174 Å². The molecule has 0 bridgehead atoms. The molecule has 4 rings (SSSR count). The molecule has 29 heavy (non-hydrogen) atoms. The largest absolute Gasteiger partial charge is 0.343 e. The average molecular weight is 454 g/mol. The van der Waals surface area contributed by atoms with Gasteiger partial charge in [0.05, 0.1) is 34.7 Å². The van der Waals surface area contributed by atoms with Crippen LogP contribution < -0.4 is 5.32 Å². The summed E-state index contributed by atoms with van der Waals surface area (Å²) < 4.78 is 15.6. The highest BCUT2D eigenvalue weighted by Crippen LogP contribution is 2.25. The van der Waals surface area contributed by atoms with Gasteiger partial charge in [0.25, 0.3) is 5.91 Å². The van der Waals surface area contributed by atoms with Crippen LogP contribution in [0.1, 0.15) is 29.8 Å². The fourth-order valence-corrected chi connectivity index (χ4v) is 3.49. The number of benzene rings is 1. The third-order valence-electron chi connectivity index (χ3n) is 4.69. The summed E-state index contributed by atoms with van der Waals surface area (Å²) in [6.07, 6.45) is 6.45. The summed E-state index contributed by atoms with van der Waals surface area (Å²) in [7, 11) is 0. The van der Waals surface area contributed by atoms with Crippen LogP contribution >= 0.6 is 15.9 Å². The number of hydrogen-bond donors (Lipinski definition) is 1. The van der Waals surface area contributed by atoms with E-state index in [9.17, 15) is 9.18 Å². The van der Waals surface area contributed by atoms with Crippen molar-refractivity contribution in [3.05, 3.63) is 82.7 Å². The number of rotatable bonds is 4. The van der Waals surface area contributed by atoms with Gasteiger partial charge in [-0.15, -0.1) is 0 Å². The van der Waals surface area contributed by atoms with Crippen molar-refractivity contribution in [1.29, 1.82) is 0 Å². The Morgan fingerprint density at radius 3 is 2.62 bits per heavy atom. The normalized spacial score (nSPS) is 11.6. The van der Waals surface area contributed by atoms with Gasteiger partial charge in [-0.3, -0.25) is 9.78 Å². The standard InChI is InChI=1S/C21H17BrFN5O/c1-21(2,13-7-8-25-19(22)9-13)27-20(29)17-10-24-12-18-16(17)11-26-28(18)15-5-3-14(23)4-6-15/h3-12H,1-2H3,(H,27,29). The first-order valence-electron chi connectivity index (χ1n) is 8.87. The molecule has 0 saturated heterocycles. The number of fused-ring (bicyclic) bond motifs is 1. The molecule has 0 aliphatic heterocycles. The zero-order valence-electron chi connectivity index (χ0n) is 15.7. The lowest BCUT2D eigenvalue weighted by molar-refractivity contribution is 0.0913. The highest BCUT2D eigenvalue weighted by molar-refractivity contribution is 9.10. The summed E-state index contributed by atoms with van der Waals surface area (Å²) in [5.74, 6) is -0.590. The van der Waals surface area contributed by atoms with Gasteiger partial charge >= 0.3 is 0 Å². The Kier molecular flexibility index (Phi) is 4.87. The van der Waals surface area contributed by atoms with E-state index in [2.05, 4.69) is 36.3 Å². The fourth-order valence-electron chi connectivity index (χ4n) is 3.13. The minimum Gasteiger partial charge on any atom is -0.343 e. The maximum atomic E-state index is 13.2. The van der Waals surface area contributed by atoms with Crippen molar-refractivity contribution < 1.29 is 9.18 Å². The number of carbonyl (C=O) groups excluding carboxylic acids is 1. The fraction of sp³-hybridized carbons (Fsp3) is 0.143. The Morgan fingerprint density at radius 1 is 1.14 bits per heavy atom. The summed E-state index contributed by atoms with van der Waals surface area (Å²) in [5, 5.41) is 8.08. The van der Waals surface area contributed by atoms with Crippen molar-refractivity contribution in [2.24, 2.45) is 0 Å². The molecule has 1 N–H and O–H groups in total. The van der Waals surface area contributed by atoms with Crippen LogP contribution in [0.3, 0.4) is 0 Å². The molecule has 0 radical (unpaired) electrons. The second-order valence-electron chi connectivity index (χ2n) is 7.10. The Bertz CT molecular complexity index is 1200. The average Bonchev–Trinajstić information content (AvgIpc) is 3.12. The van der Waals surface area contributed by atoms with Crippen LogP contribution in [0.5, 0.6) is 0 Å². The summed E-state index contributed by atoms with van der Waals surface area (Å²) in [6.45, 7) is 3.84. The van der Waals surface area contributed by atoms with Gasteiger partial charge in [-0.1, -0.05) is 0 Å². The van der Waals surface area contributed by atoms with E-state index < -0.39 is 5.54 Å². The van der Waals surface area contributed by atoms with Crippen molar-refractivity contribution in [2.75, 3.05) is 0 Å². The molecule has 3 heterocycles. The number of pyridine rings is 2. The number of hydrogen-bond acceptors (Lipinski definition) is 4. The molecule has 0 fully saturated rings. The van der Waals surface area contributed by atoms with Gasteiger partial charge in [-0.25, -0.2) is 14.1 Å². The molecule has 4 aromatic rings. The van der Waals surface area contributed by atoms with E-state index in [1.165, 1.54) is 18.3 Å². The molecule has 1 amide bonds. The molecule has 0 aliphatic carbocycles. The van der Waals surface area contributed by atoms with Gasteiger partial charge in [0.2, 0.25) is 0 Å². The molecule has 0 unspecified atom stereocenters. The molecular weight excluding hydrogens is 437 g/mol. The second kappa shape index (κ2) is 7.36. The molecule has 146 valence electrons. The van der Waals surface area contributed by atoms with E-state index >= 15 is 0 Å². The van der Waals surface area contributed by atoms with Crippen molar-refractivity contribution in [3.63, 3.8) is 0 Å². The molecular formula is C21H17BrFN5O. The first-order chi connectivity index (χ1) is 13.8. The lowest BCUT2D eigenvalue weighted by Gasteiger charge is -2.27. The maximum Gasteiger partial charge on any atom is 0.254 e. The molecule has 8 heteroatoms. The molecule has 0 aliphatic rings. The van der Waals surface area contributed by atoms with Crippen molar-refractivity contribution in [2.45, 2.75) is 19.4 Å². The minimum atomic E-state index is -0.627. The van der Waals surface area contributed by atoms with E-state index in [1.54, 1.807) is 35.4 Å². The van der Waals surface area contributed by atoms with E-state index in [0.29, 0.717) is 26.8 Å². The second-order valence-corrected chi connectivity index (χ2v) is 7.91. The van der Waals surface area contributed by atoms with Gasteiger partial charge in [0, 0.05) is 17.8 Å². The predicted molar refractivity (Wildman–Crippen MR) is 111 cm³/mol. The SMILES string of the molecule is CC(C)(NC(=O)c1cncc2c1cnn2-c1ccc(F)cc1)c1ccnc(Br)c1. The van der Waals surface area contributed by atoms with Gasteiger partial charge < -0.3 is 5.32 Å². The molecule has 3 aromatic heterocycles. The Balaban J connectivity index is 1.69. The number of amides is 1. The Hall–Kier alpha value is -3.13. The number of aromatic nitrogens is 4. The van der Waals surface area contributed by atoms with E-state index in [-0.39, 0.29) is 11.7 Å². The topological polar surface area (TPSA) is 72.7 Å². The third-order valence-corrected chi connectivity index (χ3v) is 5.12. The molecule has 0 atom stereocenters. The number of nitrogens with one attached hydrogen (secondary N) is 1. The van der Waals surface area contributed by atoms with Crippen LogP contribution in [0.2, 0.25) is 0 Å². The zero-order valence-corrected chi connectivity index (χ0v) is 17.3. The van der Waals surface area contributed by atoms with E-state index in [0.717, 1.165) is 5.56 Å². The summed E-state index contributed by atoms with van der Waals surface area (Å²) in [6, 6.07) is 9.70. The number of carbonyl (C=O) groups is 1. The van der Waals surface area contributed by atoms with E-state index in [1.807, 2.05) is 26.0 Å². The van der Waals surface area contributed by atoms with E-state index in [4.69, 9.17) is 0 Å². The molecule has 0 saturated carbocycles.